The van der Waals surface area contributed by atoms with Crippen LogP contribution in [0, 0.1) is 15.9 Å². The predicted octanol–water partition coefficient (Wildman–Crippen LogP) is 5.87. The minimum absolute atomic E-state index is 0.117. The number of nitrogens with zero attached hydrogens (tertiary/aromatic N) is 1. The number of hydrogen-bond acceptors (Lipinski definition) is 3. The quantitative estimate of drug-likeness (QED) is 0.446. The lowest BCUT2D eigenvalue weighted by Gasteiger charge is -2.22. The maximum Gasteiger partial charge on any atom is 0.269 e. The maximum atomic E-state index is 14.1. The lowest BCUT2D eigenvalue weighted by Crippen LogP contribution is -2.29. The van der Waals surface area contributed by atoms with Crippen LogP contribution in [0.25, 0.3) is 10.8 Å². The molecule has 0 aromatic heterocycles. The van der Waals surface area contributed by atoms with Crippen molar-refractivity contribution in [1.29, 1.82) is 0 Å². The Morgan fingerprint density at radius 3 is 2.46 bits per heavy atom. The molecule has 4 rings (SSSR count). The van der Waals surface area contributed by atoms with Crippen LogP contribution in [0.15, 0.2) is 60.7 Å². The third kappa shape index (κ3) is 3.62. The molecule has 3 aromatic carbocycles. The summed E-state index contributed by atoms with van der Waals surface area (Å²) in [5, 5.41) is 16.1. The van der Waals surface area contributed by atoms with Gasteiger partial charge in [0.15, 0.2) is 0 Å². The van der Waals surface area contributed by atoms with Gasteiger partial charge in [0.2, 0.25) is 0 Å². The van der Waals surface area contributed by atoms with Gasteiger partial charge >= 0.3 is 0 Å². The number of benzene rings is 3. The molecule has 1 aliphatic rings. The summed E-state index contributed by atoms with van der Waals surface area (Å²) in [7, 11) is 0. The summed E-state index contributed by atoms with van der Waals surface area (Å²) >= 11 is 0. The van der Waals surface area contributed by atoms with Crippen LogP contribution in [0.1, 0.15) is 49.3 Å². The first-order chi connectivity index (χ1) is 13.5. The average molecular weight is 378 g/mol. The van der Waals surface area contributed by atoms with Crippen molar-refractivity contribution in [3.63, 3.8) is 0 Å². The standard InChI is InChI=1S/C23H23FN2O2/c1-15(20-12-13-23(24)22-5-3-2-4-21(20)22)25-18-9-6-17(14-18)16-7-10-19(11-8-16)26(27)28/h2-5,7-8,10-13,15,17-18,25H,6,9,14H2,1H3/t15-,17-,18+/m1/s1. The van der Waals surface area contributed by atoms with Gasteiger partial charge in [-0.2, -0.15) is 0 Å². The highest BCUT2D eigenvalue weighted by Crippen LogP contribution is 2.36. The van der Waals surface area contributed by atoms with Crippen molar-refractivity contribution < 1.29 is 9.31 Å². The van der Waals surface area contributed by atoms with E-state index in [0.29, 0.717) is 17.3 Å². The summed E-state index contributed by atoms with van der Waals surface area (Å²) in [6, 6.07) is 18.4. The zero-order valence-corrected chi connectivity index (χ0v) is 15.8. The fourth-order valence-electron chi connectivity index (χ4n) is 4.41. The lowest BCUT2D eigenvalue weighted by molar-refractivity contribution is -0.384. The summed E-state index contributed by atoms with van der Waals surface area (Å²) in [6.07, 6.45) is 3.12. The fraction of sp³-hybridized carbons (Fsp3) is 0.304. The maximum absolute atomic E-state index is 14.1. The molecule has 1 aliphatic carbocycles. The van der Waals surface area contributed by atoms with Crippen molar-refractivity contribution in [3.8, 4) is 0 Å². The lowest BCUT2D eigenvalue weighted by atomic mass is 9.96. The Balaban J connectivity index is 1.46. The van der Waals surface area contributed by atoms with E-state index < -0.39 is 0 Å². The smallest absolute Gasteiger partial charge is 0.269 e. The molecule has 3 atom stereocenters. The van der Waals surface area contributed by atoms with Crippen LogP contribution in [-0.2, 0) is 0 Å². The molecule has 0 saturated heterocycles. The van der Waals surface area contributed by atoms with Crippen LogP contribution in [-0.4, -0.2) is 11.0 Å². The van der Waals surface area contributed by atoms with E-state index in [2.05, 4.69) is 12.2 Å². The zero-order chi connectivity index (χ0) is 19.7. The van der Waals surface area contributed by atoms with Gasteiger partial charge in [-0.15, -0.1) is 0 Å². The van der Waals surface area contributed by atoms with E-state index in [0.717, 1.165) is 35.8 Å². The predicted molar refractivity (Wildman–Crippen MR) is 109 cm³/mol. The Morgan fingerprint density at radius 2 is 1.75 bits per heavy atom. The molecular weight excluding hydrogens is 355 g/mol. The van der Waals surface area contributed by atoms with E-state index in [1.165, 1.54) is 0 Å². The first-order valence-corrected chi connectivity index (χ1v) is 9.70. The largest absolute Gasteiger partial charge is 0.307 e. The van der Waals surface area contributed by atoms with Gasteiger partial charge in [-0.05, 0) is 54.7 Å². The monoisotopic (exact) mass is 378 g/mol. The summed E-state index contributed by atoms with van der Waals surface area (Å²) in [5.74, 6) is 0.223. The van der Waals surface area contributed by atoms with Crippen LogP contribution in [0.4, 0.5) is 10.1 Å². The Bertz CT molecular complexity index is 1000. The number of nitro benzene ring substituents is 1. The summed E-state index contributed by atoms with van der Waals surface area (Å²) < 4.78 is 14.1. The van der Waals surface area contributed by atoms with Crippen LogP contribution < -0.4 is 5.32 Å². The molecule has 0 heterocycles. The van der Waals surface area contributed by atoms with Crippen LogP contribution >= 0.6 is 0 Å². The molecule has 28 heavy (non-hydrogen) atoms. The van der Waals surface area contributed by atoms with Crippen molar-refractivity contribution >= 4 is 16.5 Å². The summed E-state index contributed by atoms with van der Waals surface area (Å²) in [4.78, 5) is 10.5. The second-order valence-corrected chi connectivity index (χ2v) is 7.63. The summed E-state index contributed by atoms with van der Waals surface area (Å²) in [5.41, 5.74) is 2.40. The molecule has 0 unspecified atom stereocenters. The first-order valence-electron chi connectivity index (χ1n) is 9.70. The van der Waals surface area contributed by atoms with E-state index in [1.807, 2.05) is 42.5 Å². The first kappa shape index (κ1) is 18.6. The van der Waals surface area contributed by atoms with Crippen molar-refractivity contribution in [1.82, 2.24) is 5.32 Å². The van der Waals surface area contributed by atoms with Crippen LogP contribution in [0.2, 0.25) is 0 Å². The fourth-order valence-corrected chi connectivity index (χ4v) is 4.41. The van der Waals surface area contributed by atoms with E-state index in [-0.39, 0.29) is 22.5 Å². The topological polar surface area (TPSA) is 55.2 Å². The molecule has 0 amide bonds. The van der Waals surface area contributed by atoms with Crippen molar-refractivity contribution in [2.75, 3.05) is 0 Å². The molecular formula is C23H23FN2O2. The number of hydrogen-bond donors (Lipinski definition) is 1. The molecule has 144 valence electrons. The van der Waals surface area contributed by atoms with E-state index in [9.17, 15) is 14.5 Å². The average Bonchev–Trinajstić information content (AvgIpc) is 3.17. The number of halogens is 1. The normalized spacial score (nSPS) is 20.4. The van der Waals surface area contributed by atoms with Gasteiger partial charge in [-0.1, -0.05) is 42.5 Å². The van der Waals surface area contributed by atoms with Gasteiger partial charge in [0.1, 0.15) is 5.82 Å². The van der Waals surface area contributed by atoms with Crippen molar-refractivity contribution in [3.05, 3.63) is 87.7 Å². The number of nitro groups is 1. The number of nitrogens with one attached hydrogen (secondary N) is 1. The van der Waals surface area contributed by atoms with Gasteiger partial charge < -0.3 is 5.32 Å². The van der Waals surface area contributed by atoms with E-state index in [1.54, 1.807) is 18.2 Å². The Hall–Kier alpha value is -2.79. The Kier molecular flexibility index (Phi) is 5.09. The molecule has 1 saturated carbocycles. The zero-order valence-electron chi connectivity index (χ0n) is 15.8. The molecule has 0 aliphatic heterocycles. The van der Waals surface area contributed by atoms with Crippen molar-refractivity contribution in [2.24, 2.45) is 0 Å². The molecule has 0 radical (unpaired) electrons. The van der Waals surface area contributed by atoms with Gasteiger partial charge in [-0.25, -0.2) is 4.39 Å². The minimum atomic E-state index is -0.364. The molecule has 5 heteroatoms. The number of fused-ring (bicyclic) bond motifs is 1. The molecule has 1 fully saturated rings. The van der Waals surface area contributed by atoms with Gasteiger partial charge in [-0.3, -0.25) is 10.1 Å². The molecule has 1 N–H and O–H groups in total. The molecule has 0 spiro atoms. The SMILES string of the molecule is C[C@@H](N[C@H]1CC[C@@H](c2ccc([N+](=O)[O-])cc2)C1)c1ccc(F)c2ccccc12. The van der Waals surface area contributed by atoms with Gasteiger partial charge in [0.05, 0.1) is 4.92 Å². The Labute approximate surface area is 163 Å². The van der Waals surface area contributed by atoms with Gasteiger partial charge in [0, 0.05) is 29.6 Å². The highest BCUT2D eigenvalue weighted by molar-refractivity contribution is 5.86. The Morgan fingerprint density at radius 1 is 1.04 bits per heavy atom. The molecule has 3 aromatic rings. The number of rotatable bonds is 5. The summed E-state index contributed by atoms with van der Waals surface area (Å²) in [6.45, 7) is 2.12. The second kappa shape index (κ2) is 7.68. The van der Waals surface area contributed by atoms with Gasteiger partial charge in [0.25, 0.3) is 5.69 Å². The molecule has 4 nitrogen and oxygen atoms in total. The second-order valence-electron chi connectivity index (χ2n) is 7.63. The third-order valence-electron chi connectivity index (χ3n) is 5.86. The minimum Gasteiger partial charge on any atom is -0.307 e. The van der Waals surface area contributed by atoms with Crippen LogP contribution in [0.3, 0.4) is 0 Å². The van der Waals surface area contributed by atoms with Crippen molar-refractivity contribution in [2.45, 2.75) is 44.2 Å². The van der Waals surface area contributed by atoms with E-state index in [4.69, 9.17) is 0 Å². The van der Waals surface area contributed by atoms with E-state index >= 15 is 0 Å². The molecule has 0 bridgehead atoms. The number of non-ortho nitro benzene ring substituents is 1. The highest BCUT2D eigenvalue weighted by atomic mass is 19.1. The van der Waals surface area contributed by atoms with Crippen LogP contribution in [0.5, 0.6) is 0 Å². The third-order valence-corrected chi connectivity index (χ3v) is 5.86. The highest BCUT2D eigenvalue weighted by Gasteiger charge is 2.27.